The molecule has 2 aliphatic rings. The first kappa shape index (κ1) is 14.6. The van der Waals surface area contributed by atoms with Gasteiger partial charge in [-0.05, 0) is 37.5 Å². The molecule has 1 aromatic carbocycles. The monoisotopic (exact) mass is 302 g/mol. The Labute approximate surface area is 128 Å². The van der Waals surface area contributed by atoms with Crippen molar-refractivity contribution in [1.29, 1.82) is 0 Å². The summed E-state index contributed by atoms with van der Waals surface area (Å²) < 4.78 is 15.8. The topological polar surface area (TPSA) is 61.8 Å². The van der Waals surface area contributed by atoms with Crippen LogP contribution in [0.25, 0.3) is 0 Å². The maximum Gasteiger partial charge on any atom is 0.348 e. The summed E-state index contributed by atoms with van der Waals surface area (Å²) in [5.74, 6) is -0.486. The molecule has 3 rings (SSSR count). The largest absolute Gasteiger partial charge is 0.494 e. The maximum atomic E-state index is 11.7. The number of carbonyl (C=O) groups excluding carboxylic acids is 2. The van der Waals surface area contributed by atoms with Crippen molar-refractivity contribution >= 4 is 11.9 Å². The van der Waals surface area contributed by atoms with Crippen LogP contribution in [-0.2, 0) is 25.5 Å². The fourth-order valence-corrected chi connectivity index (χ4v) is 2.99. The molecule has 1 aromatic rings. The van der Waals surface area contributed by atoms with E-state index in [0.29, 0.717) is 18.6 Å². The fourth-order valence-electron chi connectivity index (χ4n) is 2.99. The van der Waals surface area contributed by atoms with Gasteiger partial charge >= 0.3 is 11.9 Å². The van der Waals surface area contributed by atoms with Gasteiger partial charge in [0.2, 0.25) is 6.10 Å². The van der Waals surface area contributed by atoms with Gasteiger partial charge in [-0.25, -0.2) is 9.59 Å². The summed E-state index contributed by atoms with van der Waals surface area (Å²) in [4.78, 5) is 23.3. The van der Waals surface area contributed by atoms with Crippen LogP contribution in [0.5, 0.6) is 5.75 Å². The molecule has 116 valence electrons. The van der Waals surface area contributed by atoms with E-state index in [9.17, 15) is 9.59 Å². The minimum atomic E-state index is -0.806. The number of aryl methyl sites for hydroxylation is 1. The van der Waals surface area contributed by atoms with E-state index in [1.807, 2.05) is 31.2 Å². The number of carbonyl (C=O) groups is 2. The number of ether oxygens (including phenoxy) is 3. The predicted octanol–water partition coefficient (Wildman–Crippen LogP) is 2.04. The van der Waals surface area contributed by atoms with Crippen LogP contribution in [0.3, 0.4) is 0 Å². The molecule has 2 heterocycles. The van der Waals surface area contributed by atoms with Crippen LogP contribution >= 0.6 is 0 Å². The van der Waals surface area contributed by atoms with Crippen LogP contribution in [0.1, 0.15) is 18.9 Å². The van der Waals surface area contributed by atoms with E-state index in [0.717, 1.165) is 17.7 Å². The van der Waals surface area contributed by atoms with Gasteiger partial charge in [0.05, 0.1) is 12.5 Å². The Kier molecular flexibility index (Phi) is 3.88. The van der Waals surface area contributed by atoms with Gasteiger partial charge in [-0.1, -0.05) is 18.7 Å². The Morgan fingerprint density at radius 3 is 2.86 bits per heavy atom. The molecule has 5 heteroatoms. The van der Waals surface area contributed by atoms with E-state index in [1.54, 1.807) is 0 Å². The number of hydrogen-bond donors (Lipinski definition) is 0. The van der Waals surface area contributed by atoms with Gasteiger partial charge in [0.15, 0.2) is 0 Å². The number of esters is 2. The molecule has 0 saturated carbocycles. The first-order chi connectivity index (χ1) is 10.6. The summed E-state index contributed by atoms with van der Waals surface area (Å²) >= 11 is 0. The normalized spacial score (nSPS) is 26.6. The molecule has 0 spiro atoms. The summed E-state index contributed by atoms with van der Waals surface area (Å²) in [6.45, 7) is 6.29. The Morgan fingerprint density at radius 2 is 2.09 bits per heavy atom. The molecule has 2 aliphatic heterocycles. The minimum Gasteiger partial charge on any atom is -0.494 e. The van der Waals surface area contributed by atoms with E-state index in [2.05, 4.69) is 6.58 Å². The highest BCUT2D eigenvalue weighted by molar-refractivity contribution is 5.97. The molecule has 0 unspecified atom stereocenters. The Morgan fingerprint density at radius 1 is 1.27 bits per heavy atom. The molecule has 5 nitrogen and oxygen atoms in total. The Hall–Kier alpha value is -2.30. The third-order valence-corrected chi connectivity index (χ3v) is 4.05. The average molecular weight is 302 g/mol. The van der Waals surface area contributed by atoms with Crippen molar-refractivity contribution in [2.75, 3.05) is 6.61 Å². The van der Waals surface area contributed by atoms with Crippen molar-refractivity contribution in [3.63, 3.8) is 0 Å². The molecule has 2 fully saturated rings. The van der Waals surface area contributed by atoms with Gasteiger partial charge in [-0.2, -0.15) is 0 Å². The molecular formula is C17H18O5. The zero-order valence-corrected chi connectivity index (χ0v) is 12.4. The standard InChI is InChI=1S/C17H18O5/c1-3-20-12-6-4-5-11(9-12)7-8-13-14-10(2)16(18)22-15(14)17(19)21-13/h4-6,9,13-15H,2-3,7-8H2,1H3/t13-,14-,15-/m0/s1. The molecular weight excluding hydrogens is 284 g/mol. The molecule has 22 heavy (non-hydrogen) atoms. The van der Waals surface area contributed by atoms with Crippen LogP contribution in [0.15, 0.2) is 36.4 Å². The molecule has 2 saturated heterocycles. The number of fused-ring (bicyclic) bond motifs is 1. The lowest BCUT2D eigenvalue weighted by Gasteiger charge is -2.15. The lowest BCUT2D eigenvalue weighted by atomic mass is 9.90. The van der Waals surface area contributed by atoms with Gasteiger partial charge in [-0.3, -0.25) is 0 Å². The Balaban J connectivity index is 1.66. The van der Waals surface area contributed by atoms with E-state index in [-0.39, 0.29) is 12.0 Å². The minimum absolute atomic E-state index is 0.337. The third-order valence-electron chi connectivity index (χ3n) is 4.05. The van der Waals surface area contributed by atoms with Crippen molar-refractivity contribution in [3.8, 4) is 5.75 Å². The number of hydrogen-bond acceptors (Lipinski definition) is 5. The lowest BCUT2D eigenvalue weighted by molar-refractivity contribution is -0.156. The maximum absolute atomic E-state index is 11.7. The second kappa shape index (κ2) is 5.83. The van der Waals surface area contributed by atoms with E-state index in [1.165, 1.54) is 0 Å². The van der Waals surface area contributed by atoms with Gasteiger partial charge in [0.25, 0.3) is 0 Å². The smallest absolute Gasteiger partial charge is 0.348 e. The van der Waals surface area contributed by atoms with Crippen molar-refractivity contribution < 1.29 is 23.8 Å². The SMILES string of the molecule is C=C1C(=O)O[C@@H]2C(=O)O[C@@H](CCc3cccc(OCC)c3)[C@H]12. The van der Waals surface area contributed by atoms with Crippen LogP contribution < -0.4 is 4.74 Å². The van der Waals surface area contributed by atoms with E-state index in [4.69, 9.17) is 14.2 Å². The van der Waals surface area contributed by atoms with Crippen LogP contribution in [-0.4, -0.2) is 30.8 Å². The van der Waals surface area contributed by atoms with Crippen molar-refractivity contribution in [1.82, 2.24) is 0 Å². The quantitative estimate of drug-likeness (QED) is 0.615. The third kappa shape index (κ3) is 2.58. The summed E-state index contributed by atoms with van der Waals surface area (Å²) in [6.07, 6.45) is 0.189. The van der Waals surface area contributed by atoms with Gasteiger partial charge in [0, 0.05) is 5.57 Å². The summed E-state index contributed by atoms with van der Waals surface area (Å²) in [5, 5.41) is 0. The lowest BCUT2D eigenvalue weighted by Crippen LogP contribution is -2.22. The van der Waals surface area contributed by atoms with Crippen LogP contribution in [0.4, 0.5) is 0 Å². The van der Waals surface area contributed by atoms with Crippen molar-refractivity contribution in [2.45, 2.75) is 32.0 Å². The zero-order chi connectivity index (χ0) is 15.7. The molecule has 0 bridgehead atoms. The van der Waals surface area contributed by atoms with Crippen molar-refractivity contribution in [3.05, 3.63) is 42.0 Å². The number of cyclic esters (lactones) is 1. The highest BCUT2D eigenvalue weighted by Gasteiger charge is 2.54. The van der Waals surface area contributed by atoms with Crippen LogP contribution in [0.2, 0.25) is 0 Å². The van der Waals surface area contributed by atoms with Crippen molar-refractivity contribution in [2.24, 2.45) is 5.92 Å². The summed E-state index contributed by atoms with van der Waals surface area (Å²) in [7, 11) is 0. The molecule has 0 aliphatic carbocycles. The predicted molar refractivity (Wildman–Crippen MR) is 78.3 cm³/mol. The highest BCUT2D eigenvalue weighted by atomic mass is 16.6. The Bertz CT molecular complexity index is 621. The number of benzene rings is 1. The van der Waals surface area contributed by atoms with E-state index >= 15 is 0 Å². The van der Waals surface area contributed by atoms with Gasteiger partial charge in [-0.15, -0.1) is 0 Å². The molecule has 0 N–H and O–H groups in total. The van der Waals surface area contributed by atoms with E-state index < -0.39 is 18.0 Å². The first-order valence-corrected chi connectivity index (χ1v) is 7.42. The molecule has 0 amide bonds. The second-order valence-electron chi connectivity index (χ2n) is 5.47. The molecule has 0 aromatic heterocycles. The summed E-state index contributed by atoms with van der Waals surface area (Å²) in [5.41, 5.74) is 1.44. The average Bonchev–Trinajstić information content (AvgIpc) is 2.97. The van der Waals surface area contributed by atoms with Crippen LogP contribution in [0, 0.1) is 5.92 Å². The molecule has 0 radical (unpaired) electrons. The summed E-state index contributed by atoms with van der Waals surface area (Å²) in [6, 6.07) is 7.82. The fraction of sp³-hybridized carbons (Fsp3) is 0.412. The first-order valence-electron chi connectivity index (χ1n) is 7.42. The highest BCUT2D eigenvalue weighted by Crippen LogP contribution is 2.38. The van der Waals surface area contributed by atoms with Gasteiger partial charge < -0.3 is 14.2 Å². The number of rotatable bonds is 5. The zero-order valence-electron chi connectivity index (χ0n) is 12.4. The molecule has 3 atom stereocenters. The van der Waals surface area contributed by atoms with Gasteiger partial charge in [0.1, 0.15) is 11.9 Å². The second-order valence-corrected chi connectivity index (χ2v) is 5.47.